The second-order valence-corrected chi connectivity index (χ2v) is 7.61. The van der Waals surface area contributed by atoms with Gasteiger partial charge in [-0.2, -0.15) is 0 Å². The fraction of sp³-hybridized carbons (Fsp3) is 0.391. The molecular weight excluding hydrogens is 366 g/mol. The highest BCUT2D eigenvalue weighted by Gasteiger charge is 2.22. The van der Waals surface area contributed by atoms with Crippen LogP contribution >= 0.6 is 0 Å². The van der Waals surface area contributed by atoms with Gasteiger partial charge in [0.1, 0.15) is 19.0 Å². The van der Waals surface area contributed by atoms with Gasteiger partial charge in [0.25, 0.3) is 0 Å². The Morgan fingerprint density at radius 1 is 1.07 bits per heavy atom. The van der Waals surface area contributed by atoms with Crippen LogP contribution < -0.4 is 9.47 Å². The minimum absolute atomic E-state index is 0.138. The van der Waals surface area contributed by atoms with Gasteiger partial charge in [0.2, 0.25) is 5.91 Å². The number of methoxy groups -OCH3 is 1. The van der Waals surface area contributed by atoms with Crippen molar-refractivity contribution < 1.29 is 14.3 Å². The first-order valence-corrected chi connectivity index (χ1v) is 10.1. The van der Waals surface area contributed by atoms with E-state index in [2.05, 4.69) is 6.92 Å². The molecule has 0 unspecified atom stereocenters. The zero-order valence-corrected chi connectivity index (χ0v) is 17.0. The lowest BCUT2D eigenvalue weighted by molar-refractivity contribution is -0.133. The quantitative estimate of drug-likeness (QED) is 0.638. The molecule has 2 aromatic carbocycles. The van der Waals surface area contributed by atoms with E-state index in [1.54, 1.807) is 7.11 Å². The Kier molecular flexibility index (Phi) is 5.69. The van der Waals surface area contributed by atoms with Gasteiger partial charge in [-0.15, -0.1) is 0 Å². The van der Waals surface area contributed by atoms with E-state index in [-0.39, 0.29) is 19.1 Å². The van der Waals surface area contributed by atoms with Crippen LogP contribution in [0.4, 0.5) is 0 Å². The standard InChI is InChI=1S/C23H27N3O3/c1-17-11-13-25(14-12-17)23(27)15-26-19-8-4-3-7-18(19)24-22(26)16-29-21-10-6-5-9-20(21)28-2/h3-10,17H,11-16H2,1-2H3. The monoisotopic (exact) mass is 393 g/mol. The number of piperidine rings is 1. The third kappa shape index (κ3) is 4.21. The number of amides is 1. The van der Waals surface area contributed by atoms with Crippen molar-refractivity contribution in [1.29, 1.82) is 0 Å². The van der Waals surface area contributed by atoms with Gasteiger partial charge in [-0.3, -0.25) is 4.79 Å². The number of carbonyl (C=O) groups is 1. The molecule has 0 bridgehead atoms. The minimum atomic E-state index is 0.138. The number of benzene rings is 2. The number of nitrogens with zero attached hydrogens (tertiary/aromatic N) is 3. The maximum Gasteiger partial charge on any atom is 0.242 e. The second kappa shape index (κ2) is 8.55. The Labute approximate surface area is 171 Å². The number of imidazole rings is 1. The molecule has 0 atom stereocenters. The molecular formula is C23H27N3O3. The number of ether oxygens (including phenoxy) is 2. The Morgan fingerprint density at radius 2 is 1.76 bits per heavy atom. The van der Waals surface area contributed by atoms with E-state index in [0.717, 1.165) is 42.8 Å². The summed E-state index contributed by atoms with van der Waals surface area (Å²) >= 11 is 0. The van der Waals surface area contributed by atoms with Crippen molar-refractivity contribution >= 4 is 16.9 Å². The Hall–Kier alpha value is -3.02. The highest BCUT2D eigenvalue weighted by molar-refractivity contribution is 5.81. The van der Waals surface area contributed by atoms with Crippen LogP contribution in [0, 0.1) is 5.92 Å². The van der Waals surface area contributed by atoms with Crippen molar-refractivity contribution in [2.24, 2.45) is 5.92 Å². The number of para-hydroxylation sites is 4. The van der Waals surface area contributed by atoms with E-state index < -0.39 is 0 Å². The Balaban J connectivity index is 1.56. The smallest absolute Gasteiger partial charge is 0.242 e. The van der Waals surface area contributed by atoms with E-state index in [9.17, 15) is 4.79 Å². The Morgan fingerprint density at radius 3 is 2.52 bits per heavy atom. The lowest BCUT2D eigenvalue weighted by Gasteiger charge is -2.30. The molecule has 1 aliphatic heterocycles. The van der Waals surface area contributed by atoms with Crippen LogP contribution in [0.1, 0.15) is 25.6 Å². The molecule has 0 radical (unpaired) electrons. The van der Waals surface area contributed by atoms with Crippen LogP contribution in [-0.2, 0) is 17.9 Å². The normalized spacial score (nSPS) is 14.9. The third-order valence-electron chi connectivity index (χ3n) is 5.59. The first kappa shape index (κ1) is 19.3. The molecule has 0 spiro atoms. The van der Waals surface area contributed by atoms with Gasteiger partial charge in [-0.1, -0.05) is 31.2 Å². The van der Waals surface area contributed by atoms with Gasteiger partial charge >= 0.3 is 0 Å². The molecule has 6 nitrogen and oxygen atoms in total. The van der Waals surface area contributed by atoms with Crippen LogP contribution in [0.3, 0.4) is 0 Å². The number of hydrogen-bond donors (Lipinski definition) is 0. The SMILES string of the molecule is COc1ccccc1OCc1nc2ccccc2n1CC(=O)N1CCC(C)CC1. The van der Waals surface area contributed by atoms with Gasteiger partial charge in [-0.25, -0.2) is 4.98 Å². The maximum absolute atomic E-state index is 13.0. The van der Waals surface area contributed by atoms with Crippen molar-refractivity contribution in [3.63, 3.8) is 0 Å². The summed E-state index contributed by atoms with van der Waals surface area (Å²) in [6, 6.07) is 15.4. The molecule has 1 aromatic heterocycles. The lowest BCUT2D eigenvalue weighted by Crippen LogP contribution is -2.40. The van der Waals surface area contributed by atoms with E-state index in [1.807, 2.05) is 58.0 Å². The van der Waals surface area contributed by atoms with E-state index >= 15 is 0 Å². The highest BCUT2D eigenvalue weighted by Crippen LogP contribution is 2.27. The van der Waals surface area contributed by atoms with Crippen molar-refractivity contribution in [3.05, 3.63) is 54.4 Å². The number of likely N-dealkylation sites (tertiary alicyclic amines) is 1. The molecule has 0 N–H and O–H groups in total. The molecule has 1 aliphatic rings. The molecule has 1 amide bonds. The van der Waals surface area contributed by atoms with E-state index in [1.165, 1.54) is 0 Å². The van der Waals surface area contributed by atoms with Crippen molar-refractivity contribution in [3.8, 4) is 11.5 Å². The molecule has 1 fully saturated rings. The number of hydrogen-bond acceptors (Lipinski definition) is 4. The summed E-state index contributed by atoms with van der Waals surface area (Å²) in [4.78, 5) is 19.7. The predicted octanol–water partition coefficient (Wildman–Crippen LogP) is 3.88. The zero-order chi connectivity index (χ0) is 20.2. The van der Waals surface area contributed by atoms with E-state index in [4.69, 9.17) is 14.5 Å². The van der Waals surface area contributed by atoms with Crippen LogP contribution in [0.2, 0.25) is 0 Å². The topological polar surface area (TPSA) is 56.6 Å². The zero-order valence-electron chi connectivity index (χ0n) is 17.0. The van der Waals surface area contributed by atoms with Crippen molar-refractivity contribution in [2.45, 2.75) is 32.9 Å². The van der Waals surface area contributed by atoms with Crippen LogP contribution in [-0.4, -0.2) is 40.6 Å². The molecule has 1 saturated heterocycles. The lowest BCUT2D eigenvalue weighted by atomic mass is 9.99. The summed E-state index contributed by atoms with van der Waals surface area (Å²) in [7, 11) is 1.62. The summed E-state index contributed by atoms with van der Waals surface area (Å²) in [6.45, 7) is 4.46. The van der Waals surface area contributed by atoms with Gasteiger partial charge in [0.15, 0.2) is 11.5 Å². The summed E-state index contributed by atoms with van der Waals surface area (Å²) in [6.07, 6.45) is 2.14. The molecule has 3 aromatic rings. The van der Waals surface area contributed by atoms with Crippen molar-refractivity contribution in [2.75, 3.05) is 20.2 Å². The molecule has 29 heavy (non-hydrogen) atoms. The summed E-state index contributed by atoms with van der Waals surface area (Å²) in [5, 5.41) is 0. The van der Waals surface area contributed by atoms with Crippen LogP contribution in [0.15, 0.2) is 48.5 Å². The van der Waals surface area contributed by atoms with Gasteiger partial charge in [-0.05, 0) is 43.0 Å². The maximum atomic E-state index is 13.0. The molecule has 152 valence electrons. The van der Waals surface area contributed by atoms with Crippen LogP contribution in [0.5, 0.6) is 11.5 Å². The summed E-state index contributed by atoms with van der Waals surface area (Å²) in [5.74, 6) is 2.89. The number of fused-ring (bicyclic) bond motifs is 1. The average molecular weight is 393 g/mol. The van der Waals surface area contributed by atoms with Crippen LogP contribution in [0.25, 0.3) is 11.0 Å². The Bertz CT molecular complexity index is 990. The third-order valence-corrected chi connectivity index (χ3v) is 5.59. The molecule has 4 rings (SSSR count). The molecule has 2 heterocycles. The summed E-state index contributed by atoms with van der Waals surface area (Å²) in [5.41, 5.74) is 1.82. The number of aromatic nitrogens is 2. The first-order valence-electron chi connectivity index (χ1n) is 10.1. The average Bonchev–Trinajstić information content (AvgIpc) is 3.10. The van der Waals surface area contributed by atoms with Gasteiger partial charge in [0, 0.05) is 13.1 Å². The summed E-state index contributed by atoms with van der Waals surface area (Å²) < 4.78 is 13.3. The minimum Gasteiger partial charge on any atom is -0.493 e. The van der Waals surface area contributed by atoms with Gasteiger partial charge in [0.05, 0.1) is 18.1 Å². The number of carbonyl (C=O) groups excluding carboxylic acids is 1. The van der Waals surface area contributed by atoms with E-state index in [0.29, 0.717) is 17.4 Å². The second-order valence-electron chi connectivity index (χ2n) is 7.61. The van der Waals surface area contributed by atoms with Gasteiger partial charge < -0.3 is 18.9 Å². The molecule has 0 saturated carbocycles. The fourth-order valence-corrected chi connectivity index (χ4v) is 3.79. The molecule has 6 heteroatoms. The largest absolute Gasteiger partial charge is 0.493 e. The predicted molar refractivity (Wildman–Crippen MR) is 112 cm³/mol. The first-order chi connectivity index (χ1) is 14.2. The van der Waals surface area contributed by atoms with Crippen molar-refractivity contribution in [1.82, 2.24) is 14.5 Å². The number of rotatable bonds is 6. The fourth-order valence-electron chi connectivity index (χ4n) is 3.79. The highest BCUT2D eigenvalue weighted by atomic mass is 16.5. The molecule has 0 aliphatic carbocycles.